The molecule has 2 aromatic rings. The maximum absolute atomic E-state index is 11.0. The van der Waals surface area contributed by atoms with E-state index in [9.17, 15) is 9.90 Å². The highest BCUT2D eigenvalue weighted by atomic mass is 16.7. The number of ether oxygens (including phenoxy) is 2. The third kappa shape index (κ3) is 3.34. The zero-order valence-corrected chi connectivity index (χ0v) is 12.3. The van der Waals surface area contributed by atoms with Crippen molar-refractivity contribution >= 4 is 6.16 Å². The van der Waals surface area contributed by atoms with Gasteiger partial charge in [-0.2, -0.15) is 0 Å². The Morgan fingerprint density at radius 1 is 0.952 bits per heavy atom. The fourth-order valence-electron chi connectivity index (χ4n) is 2.12. The summed E-state index contributed by atoms with van der Waals surface area (Å²) in [5.41, 5.74) is 1.93. The molecule has 0 aliphatic rings. The molecule has 0 radical (unpaired) electrons. The molecule has 0 bridgehead atoms. The number of methoxy groups -OCH3 is 1. The van der Waals surface area contributed by atoms with Crippen molar-refractivity contribution in [1.29, 1.82) is 0 Å². The Morgan fingerprint density at radius 3 is 1.90 bits per heavy atom. The van der Waals surface area contributed by atoms with Gasteiger partial charge in [0.1, 0.15) is 11.5 Å². The third-order valence-corrected chi connectivity index (χ3v) is 3.53. The SMILES string of the molecule is COC(=O)Oc1ccc(C(C)(C)c2ccc(O)cc2)cc1. The molecule has 0 aromatic heterocycles. The molecule has 1 N–H and O–H groups in total. The van der Waals surface area contributed by atoms with Gasteiger partial charge >= 0.3 is 6.16 Å². The van der Waals surface area contributed by atoms with E-state index in [-0.39, 0.29) is 11.2 Å². The van der Waals surface area contributed by atoms with Gasteiger partial charge in [0.15, 0.2) is 0 Å². The zero-order valence-electron chi connectivity index (χ0n) is 12.3. The number of benzene rings is 2. The molecule has 0 unspecified atom stereocenters. The lowest BCUT2D eigenvalue weighted by Crippen LogP contribution is -2.18. The summed E-state index contributed by atoms with van der Waals surface area (Å²) in [5.74, 6) is 0.684. The highest BCUT2D eigenvalue weighted by Crippen LogP contribution is 2.33. The second-order valence-corrected chi connectivity index (χ2v) is 5.25. The lowest BCUT2D eigenvalue weighted by molar-refractivity contribution is 0.121. The van der Waals surface area contributed by atoms with Crippen LogP contribution in [0.5, 0.6) is 11.5 Å². The van der Waals surface area contributed by atoms with Crippen molar-refractivity contribution in [2.45, 2.75) is 19.3 Å². The molecule has 21 heavy (non-hydrogen) atoms. The minimum absolute atomic E-state index is 0.225. The van der Waals surface area contributed by atoms with Crippen LogP contribution in [-0.4, -0.2) is 18.4 Å². The first-order valence-electron chi connectivity index (χ1n) is 6.59. The van der Waals surface area contributed by atoms with Gasteiger partial charge in [0.25, 0.3) is 0 Å². The maximum Gasteiger partial charge on any atom is 0.513 e. The molecule has 4 nitrogen and oxygen atoms in total. The number of phenols is 1. The van der Waals surface area contributed by atoms with Crippen LogP contribution in [0.4, 0.5) is 4.79 Å². The molecule has 0 aliphatic heterocycles. The van der Waals surface area contributed by atoms with E-state index in [4.69, 9.17) is 4.74 Å². The van der Waals surface area contributed by atoms with E-state index in [0.29, 0.717) is 5.75 Å². The molecule has 0 heterocycles. The van der Waals surface area contributed by atoms with Crippen LogP contribution in [-0.2, 0) is 10.2 Å². The highest BCUT2D eigenvalue weighted by molar-refractivity contribution is 5.63. The van der Waals surface area contributed by atoms with Crippen molar-refractivity contribution in [3.05, 3.63) is 59.7 Å². The molecule has 0 amide bonds. The molecule has 0 aliphatic carbocycles. The van der Waals surface area contributed by atoms with Crippen molar-refractivity contribution < 1.29 is 19.4 Å². The predicted octanol–water partition coefficient (Wildman–Crippen LogP) is 3.86. The summed E-state index contributed by atoms with van der Waals surface area (Å²) in [7, 11) is 1.27. The Labute approximate surface area is 123 Å². The van der Waals surface area contributed by atoms with Crippen LogP contribution in [0, 0.1) is 0 Å². The number of rotatable bonds is 3. The van der Waals surface area contributed by atoms with Gasteiger partial charge in [-0.25, -0.2) is 4.79 Å². The van der Waals surface area contributed by atoms with Crippen LogP contribution in [0.3, 0.4) is 0 Å². The van der Waals surface area contributed by atoms with E-state index in [1.807, 2.05) is 24.3 Å². The van der Waals surface area contributed by atoms with E-state index in [2.05, 4.69) is 18.6 Å². The maximum atomic E-state index is 11.0. The molecule has 0 atom stereocenters. The first kappa shape index (κ1) is 14.9. The van der Waals surface area contributed by atoms with E-state index >= 15 is 0 Å². The lowest BCUT2D eigenvalue weighted by atomic mass is 9.78. The number of carbonyl (C=O) groups is 1. The van der Waals surface area contributed by atoms with Crippen molar-refractivity contribution in [2.75, 3.05) is 7.11 Å². The van der Waals surface area contributed by atoms with Crippen LogP contribution >= 0.6 is 0 Å². The summed E-state index contributed by atoms with van der Waals surface area (Å²) in [6.07, 6.45) is -0.736. The van der Waals surface area contributed by atoms with Gasteiger partial charge in [0.2, 0.25) is 0 Å². The molecule has 4 heteroatoms. The van der Waals surface area contributed by atoms with Crippen LogP contribution in [0.15, 0.2) is 48.5 Å². The Morgan fingerprint density at radius 2 is 1.43 bits per heavy atom. The number of hydrogen-bond acceptors (Lipinski definition) is 4. The van der Waals surface area contributed by atoms with Gasteiger partial charge in [0.05, 0.1) is 7.11 Å². The minimum atomic E-state index is -0.736. The molecular weight excluding hydrogens is 268 g/mol. The van der Waals surface area contributed by atoms with Crippen LogP contribution in [0.1, 0.15) is 25.0 Å². The van der Waals surface area contributed by atoms with Gasteiger partial charge in [-0.05, 0) is 35.4 Å². The van der Waals surface area contributed by atoms with Gasteiger partial charge in [0, 0.05) is 5.41 Å². The van der Waals surface area contributed by atoms with Crippen LogP contribution in [0.25, 0.3) is 0 Å². The fourth-order valence-corrected chi connectivity index (χ4v) is 2.12. The molecule has 2 rings (SSSR count). The van der Waals surface area contributed by atoms with Crippen molar-refractivity contribution in [2.24, 2.45) is 0 Å². The molecule has 0 spiro atoms. The highest BCUT2D eigenvalue weighted by Gasteiger charge is 2.23. The Hall–Kier alpha value is -2.49. The van der Waals surface area contributed by atoms with Crippen molar-refractivity contribution in [1.82, 2.24) is 0 Å². The van der Waals surface area contributed by atoms with Crippen LogP contribution in [0.2, 0.25) is 0 Å². The summed E-state index contributed by atoms with van der Waals surface area (Å²) in [5, 5.41) is 9.38. The van der Waals surface area contributed by atoms with Crippen LogP contribution < -0.4 is 4.74 Å². The quantitative estimate of drug-likeness (QED) is 0.687. The van der Waals surface area contributed by atoms with Crippen molar-refractivity contribution in [3.63, 3.8) is 0 Å². The monoisotopic (exact) mass is 286 g/mol. The van der Waals surface area contributed by atoms with E-state index < -0.39 is 6.16 Å². The Kier molecular flexibility index (Phi) is 4.17. The minimum Gasteiger partial charge on any atom is -0.508 e. The Balaban J connectivity index is 2.24. The summed E-state index contributed by atoms with van der Waals surface area (Å²) >= 11 is 0. The number of carbonyl (C=O) groups excluding carboxylic acids is 1. The van der Waals surface area contributed by atoms with Crippen molar-refractivity contribution in [3.8, 4) is 11.5 Å². The van der Waals surface area contributed by atoms with E-state index in [1.165, 1.54) is 7.11 Å². The summed E-state index contributed by atoms with van der Waals surface area (Å²) in [4.78, 5) is 11.0. The molecular formula is C17H18O4. The fraction of sp³-hybridized carbons (Fsp3) is 0.235. The first-order chi connectivity index (χ1) is 9.93. The molecule has 0 fully saturated rings. The molecule has 0 saturated carbocycles. The van der Waals surface area contributed by atoms with E-state index in [1.54, 1.807) is 24.3 Å². The van der Waals surface area contributed by atoms with E-state index in [0.717, 1.165) is 11.1 Å². The van der Waals surface area contributed by atoms with Gasteiger partial charge < -0.3 is 14.6 Å². The molecule has 2 aromatic carbocycles. The molecule has 0 saturated heterocycles. The van der Waals surface area contributed by atoms with Gasteiger partial charge in [-0.1, -0.05) is 38.1 Å². The standard InChI is InChI=1S/C17H18O4/c1-17(2,12-4-8-14(18)9-5-12)13-6-10-15(11-7-13)21-16(19)20-3/h4-11,18H,1-3H3. The van der Waals surface area contributed by atoms with Gasteiger partial charge in [-0.3, -0.25) is 0 Å². The number of aromatic hydroxyl groups is 1. The largest absolute Gasteiger partial charge is 0.513 e. The Bertz CT molecular complexity index is 612. The first-order valence-corrected chi connectivity index (χ1v) is 6.59. The number of hydrogen-bond donors (Lipinski definition) is 1. The topological polar surface area (TPSA) is 55.8 Å². The number of phenolic OH excluding ortho intramolecular Hbond substituents is 1. The second kappa shape index (κ2) is 5.87. The average Bonchev–Trinajstić information content (AvgIpc) is 2.48. The zero-order chi connectivity index (χ0) is 15.5. The average molecular weight is 286 g/mol. The summed E-state index contributed by atoms with van der Waals surface area (Å²) in [6, 6.07) is 14.4. The molecule has 110 valence electrons. The summed E-state index contributed by atoms with van der Waals surface area (Å²) < 4.78 is 9.41. The summed E-state index contributed by atoms with van der Waals surface area (Å²) in [6.45, 7) is 4.19. The predicted molar refractivity (Wildman–Crippen MR) is 79.7 cm³/mol. The third-order valence-electron chi connectivity index (χ3n) is 3.53. The smallest absolute Gasteiger partial charge is 0.508 e. The van der Waals surface area contributed by atoms with Gasteiger partial charge in [-0.15, -0.1) is 0 Å². The lowest BCUT2D eigenvalue weighted by Gasteiger charge is -2.26. The second-order valence-electron chi connectivity index (χ2n) is 5.25. The normalized spacial score (nSPS) is 11.0.